The monoisotopic (exact) mass is 327 g/mol. The summed E-state index contributed by atoms with van der Waals surface area (Å²) in [6, 6.07) is 15.5. The van der Waals surface area contributed by atoms with Crippen molar-refractivity contribution in [2.24, 2.45) is 0 Å². The Morgan fingerprint density at radius 3 is 2.58 bits per heavy atom. The Hall–Kier alpha value is -2.53. The van der Waals surface area contributed by atoms with Crippen LogP contribution in [0.25, 0.3) is 0 Å². The molecule has 0 spiro atoms. The Morgan fingerprint density at radius 1 is 1.12 bits per heavy atom. The molecular formula is C19H23N2O3+. The van der Waals surface area contributed by atoms with Crippen molar-refractivity contribution in [2.45, 2.75) is 19.5 Å². The molecule has 2 N–H and O–H groups in total. The van der Waals surface area contributed by atoms with Gasteiger partial charge in [0, 0.05) is 17.3 Å². The zero-order chi connectivity index (χ0) is 16.9. The van der Waals surface area contributed by atoms with Crippen molar-refractivity contribution >= 4 is 11.6 Å². The normalized spacial score (nSPS) is 15.4. The zero-order valence-corrected chi connectivity index (χ0v) is 14.0. The number of benzene rings is 2. The van der Waals surface area contributed by atoms with E-state index in [9.17, 15) is 4.79 Å². The van der Waals surface area contributed by atoms with Crippen molar-refractivity contribution in [3.63, 3.8) is 0 Å². The molecular weight excluding hydrogens is 304 g/mol. The SMILES string of the molecule is C[C@@H](C(=O)Nc1ccc2c(c1)OCCO2)[NH+](C)Cc1ccccc1. The lowest BCUT2D eigenvalue weighted by atomic mass is 10.2. The number of likely N-dealkylation sites (N-methyl/N-ethyl adjacent to an activating group) is 1. The van der Waals surface area contributed by atoms with E-state index in [-0.39, 0.29) is 11.9 Å². The predicted molar refractivity (Wildman–Crippen MR) is 92.6 cm³/mol. The van der Waals surface area contributed by atoms with Gasteiger partial charge in [-0.25, -0.2) is 0 Å². The van der Waals surface area contributed by atoms with E-state index in [1.807, 2.05) is 50.4 Å². The number of carbonyl (C=O) groups excluding carboxylic acids is 1. The largest absolute Gasteiger partial charge is 0.486 e. The molecule has 3 rings (SSSR count). The molecule has 1 amide bonds. The van der Waals surface area contributed by atoms with Crippen LogP contribution in [0.1, 0.15) is 12.5 Å². The van der Waals surface area contributed by atoms with Crippen molar-refractivity contribution in [2.75, 3.05) is 25.6 Å². The highest BCUT2D eigenvalue weighted by molar-refractivity contribution is 5.93. The molecule has 5 nitrogen and oxygen atoms in total. The fourth-order valence-electron chi connectivity index (χ4n) is 2.67. The number of rotatable bonds is 5. The van der Waals surface area contributed by atoms with Crippen LogP contribution in [-0.2, 0) is 11.3 Å². The first-order valence-electron chi connectivity index (χ1n) is 8.20. The maximum atomic E-state index is 12.5. The highest BCUT2D eigenvalue weighted by atomic mass is 16.6. The van der Waals surface area contributed by atoms with Gasteiger partial charge in [0.05, 0.1) is 7.05 Å². The lowest BCUT2D eigenvalue weighted by Gasteiger charge is -2.22. The molecule has 1 aliphatic rings. The fourth-order valence-corrected chi connectivity index (χ4v) is 2.67. The Morgan fingerprint density at radius 2 is 1.83 bits per heavy atom. The number of nitrogens with one attached hydrogen (secondary N) is 2. The molecule has 0 aliphatic carbocycles. The van der Waals surface area contributed by atoms with Gasteiger partial charge in [0.2, 0.25) is 0 Å². The molecule has 2 atom stereocenters. The summed E-state index contributed by atoms with van der Waals surface area (Å²) in [6.07, 6.45) is 0. The van der Waals surface area contributed by atoms with E-state index < -0.39 is 0 Å². The summed E-state index contributed by atoms with van der Waals surface area (Å²) in [7, 11) is 2.03. The average Bonchev–Trinajstić information content (AvgIpc) is 2.61. The minimum absolute atomic E-state index is 0.0138. The summed E-state index contributed by atoms with van der Waals surface area (Å²) < 4.78 is 11.0. The molecule has 0 radical (unpaired) electrons. The number of carbonyl (C=O) groups is 1. The Labute approximate surface area is 142 Å². The molecule has 0 aromatic heterocycles. The third-order valence-corrected chi connectivity index (χ3v) is 4.27. The second kappa shape index (κ2) is 7.36. The van der Waals surface area contributed by atoms with Crippen LogP contribution >= 0.6 is 0 Å². The summed E-state index contributed by atoms with van der Waals surface area (Å²) in [5, 5.41) is 2.96. The lowest BCUT2D eigenvalue weighted by Crippen LogP contribution is -3.12. The summed E-state index contributed by atoms with van der Waals surface area (Å²) in [4.78, 5) is 13.6. The van der Waals surface area contributed by atoms with E-state index in [2.05, 4.69) is 17.4 Å². The van der Waals surface area contributed by atoms with Gasteiger partial charge in [-0.15, -0.1) is 0 Å². The fraction of sp³-hybridized carbons (Fsp3) is 0.316. The molecule has 24 heavy (non-hydrogen) atoms. The first-order valence-corrected chi connectivity index (χ1v) is 8.20. The molecule has 0 saturated carbocycles. The van der Waals surface area contributed by atoms with E-state index in [0.717, 1.165) is 22.9 Å². The van der Waals surface area contributed by atoms with Gasteiger partial charge in [-0.05, 0) is 19.1 Å². The molecule has 0 saturated heterocycles. The molecule has 0 fully saturated rings. The second-order valence-corrected chi connectivity index (χ2v) is 6.08. The molecule has 0 bridgehead atoms. The van der Waals surface area contributed by atoms with Gasteiger partial charge < -0.3 is 19.7 Å². The van der Waals surface area contributed by atoms with Crippen molar-refractivity contribution in [3.8, 4) is 11.5 Å². The van der Waals surface area contributed by atoms with Crippen molar-refractivity contribution < 1.29 is 19.2 Å². The van der Waals surface area contributed by atoms with Crippen LogP contribution in [0, 0.1) is 0 Å². The van der Waals surface area contributed by atoms with Crippen molar-refractivity contribution in [1.82, 2.24) is 0 Å². The summed E-state index contributed by atoms with van der Waals surface area (Å²) in [5.74, 6) is 1.39. The van der Waals surface area contributed by atoms with Crippen LogP contribution in [0.4, 0.5) is 5.69 Å². The van der Waals surface area contributed by atoms with E-state index in [4.69, 9.17) is 9.47 Å². The highest BCUT2D eigenvalue weighted by Crippen LogP contribution is 2.32. The van der Waals surface area contributed by atoms with Gasteiger partial charge in [0.1, 0.15) is 19.8 Å². The number of ether oxygens (including phenoxy) is 2. The minimum Gasteiger partial charge on any atom is -0.486 e. The van der Waals surface area contributed by atoms with Crippen LogP contribution in [0.2, 0.25) is 0 Å². The van der Waals surface area contributed by atoms with Gasteiger partial charge in [0.25, 0.3) is 5.91 Å². The summed E-state index contributed by atoms with van der Waals surface area (Å²) in [5.41, 5.74) is 1.94. The first kappa shape index (κ1) is 16.3. The van der Waals surface area contributed by atoms with Crippen LogP contribution in [-0.4, -0.2) is 32.2 Å². The van der Waals surface area contributed by atoms with Gasteiger partial charge >= 0.3 is 0 Å². The molecule has 1 heterocycles. The molecule has 2 aromatic carbocycles. The van der Waals surface area contributed by atoms with Crippen LogP contribution in [0.5, 0.6) is 11.5 Å². The second-order valence-electron chi connectivity index (χ2n) is 6.08. The lowest BCUT2D eigenvalue weighted by molar-refractivity contribution is -0.907. The van der Waals surface area contributed by atoms with Gasteiger partial charge in [-0.1, -0.05) is 30.3 Å². The van der Waals surface area contributed by atoms with E-state index in [1.54, 1.807) is 0 Å². The Bertz CT molecular complexity index is 703. The number of hydrogen-bond acceptors (Lipinski definition) is 3. The number of quaternary nitrogens is 1. The van der Waals surface area contributed by atoms with Crippen LogP contribution in [0.15, 0.2) is 48.5 Å². The summed E-state index contributed by atoms with van der Waals surface area (Å²) in [6.45, 7) is 3.83. The number of fused-ring (bicyclic) bond motifs is 1. The van der Waals surface area contributed by atoms with Crippen molar-refractivity contribution in [1.29, 1.82) is 0 Å². The number of anilines is 1. The smallest absolute Gasteiger partial charge is 0.282 e. The van der Waals surface area contributed by atoms with Gasteiger partial charge in [-0.3, -0.25) is 4.79 Å². The highest BCUT2D eigenvalue weighted by Gasteiger charge is 2.22. The molecule has 126 valence electrons. The van der Waals surface area contributed by atoms with E-state index in [0.29, 0.717) is 19.0 Å². The van der Waals surface area contributed by atoms with Gasteiger partial charge in [0.15, 0.2) is 17.5 Å². The standard InChI is InChI=1S/C19H22N2O3/c1-14(21(2)13-15-6-4-3-5-7-15)19(22)20-16-8-9-17-18(12-16)24-11-10-23-17/h3-9,12,14H,10-11,13H2,1-2H3,(H,20,22)/p+1/t14-/m0/s1. The third kappa shape index (κ3) is 3.86. The maximum absolute atomic E-state index is 12.5. The molecule has 2 aromatic rings. The van der Waals surface area contributed by atoms with Gasteiger partial charge in [-0.2, -0.15) is 0 Å². The molecule has 1 unspecified atom stereocenters. The van der Waals surface area contributed by atoms with Crippen LogP contribution < -0.4 is 19.7 Å². The Balaban J connectivity index is 1.61. The minimum atomic E-state index is -0.168. The van der Waals surface area contributed by atoms with Crippen LogP contribution in [0.3, 0.4) is 0 Å². The maximum Gasteiger partial charge on any atom is 0.282 e. The Kier molecular flexibility index (Phi) is 5.01. The summed E-state index contributed by atoms with van der Waals surface area (Å²) >= 11 is 0. The zero-order valence-electron chi connectivity index (χ0n) is 14.0. The molecule has 1 aliphatic heterocycles. The third-order valence-electron chi connectivity index (χ3n) is 4.27. The van der Waals surface area contributed by atoms with E-state index >= 15 is 0 Å². The van der Waals surface area contributed by atoms with E-state index in [1.165, 1.54) is 5.56 Å². The first-order chi connectivity index (χ1) is 11.6. The quantitative estimate of drug-likeness (QED) is 0.875. The number of hydrogen-bond donors (Lipinski definition) is 2. The molecule has 5 heteroatoms. The van der Waals surface area contributed by atoms with Crippen molar-refractivity contribution in [3.05, 3.63) is 54.1 Å². The average molecular weight is 327 g/mol. The predicted octanol–water partition coefficient (Wildman–Crippen LogP) is 1.50. The topological polar surface area (TPSA) is 52.0 Å². The number of amides is 1.